The molecule has 2 heterocycles. The van der Waals surface area contributed by atoms with Gasteiger partial charge < -0.3 is 14.8 Å². The maximum Gasteiger partial charge on any atom is 0.322 e. The Morgan fingerprint density at radius 3 is 2.48 bits per heavy atom. The lowest BCUT2D eigenvalue weighted by Gasteiger charge is -1.99. The van der Waals surface area contributed by atoms with Gasteiger partial charge in [-0.05, 0) is 22.9 Å². The molecule has 0 spiro atoms. The summed E-state index contributed by atoms with van der Waals surface area (Å²) in [5, 5.41) is 13.3. The van der Waals surface area contributed by atoms with Crippen LogP contribution in [0, 0.1) is 0 Å². The summed E-state index contributed by atoms with van der Waals surface area (Å²) in [5.41, 5.74) is 0.834. The number of benzene rings is 1. The molecule has 21 heavy (non-hydrogen) atoms. The summed E-state index contributed by atoms with van der Waals surface area (Å²) < 4.78 is 4.93. The smallest absolute Gasteiger partial charge is 0.322 e. The molecule has 0 radical (unpaired) electrons. The van der Waals surface area contributed by atoms with Crippen molar-refractivity contribution in [2.45, 2.75) is 6.42 Å². The van der Waals surface area contributed by atoms with Crippen molar-refractivity contribution in [3.8, 4) is 5.75 Å². The van der Waals surface area contributed by atoms with Gasteiger partial charge in [-0.15, -0.1) is 0 Å². The summed E-state index contributed by atoms with van der Waals surface area (Å²) in [5.74, 6) is -1.64. The number of aromatic nitrogens is 1. The van der Waals surface area contributed by atoms with E-state index in [0.717, 1.165) is 10.9 Å². The molecule has 3 rings (SSSR count). The number of para-hydroxylation sites is 1. The van der Waals surface area contributed by atoms with Gasteiger partial charge in [0, 0.05) is 17.1 Å². The molecule has 0 aliphatic carbocycles. The van der Waals surface area contributed by atoms with Crippen LogP contribution in [0.1, 0.15) is 6.42 Å². The van der Waals surface area contributed by atoms with Gasteiger partial charge in [0.2, 0.25) is 0 Å². The summed E-state index contributed by atoms with van der Waals surface area (Å²) in [7, 11) is 0. The maximum absolute atomic E-state index is 11.1. The van der Waals surface area contributed by atoms with Crippen LogP contribution in [0.15, 0.2) is 53.4 Å². The molecular formula is C15H13NO4S. The van der Waals surface area contributed by atoms with Crippen molar-refractivity contribution in [3.63, 3.8) is 0 Å². The fourth-order valence-electron chi connectivity index (χ4n) is 1.64. The molecule has 2 aromatic heterocycles. The number of hydrogen-bond acceptors (Lipinski definition) is 4. The molecule has 108 valence electrons. The Balaban J connectivity index is 0.000000272. The lowest BCUT2D eigenvalue weighted by Crippen LogP contribution is -2.12. The summed E-state index contributed by atoms with van der Waals surface area (Å²) in [6.45, 7) is 0. The van der Waals surface area contributed by atoms with E-state index < -0.39 is 18.4 Å². The minimum Gasteiger partial charge on any atom is -0.481 e. The van der Waals surface area contributed by atoms with Crippen LogP contribution in [-0.4, -0.2) is 22.0 Å². The molecule has 6 heteroatoms. The summed E-state index contributed by atoms with van der Waals surface area (Å²) in [4.78, 5) is 24.4. The largest absolute Gasteiger partial charge is 0.481 e. The molecule has 0 saturated carbocycles. The van der Waals surface area contributed by atoms with Crippen LogP contribution >= 0.6 is 11.3 Å². The number of esters is 1. The number of carbonyl (C=O) groups is 2. The van der Waals surface area contributed by atoms with E-state index in [2.05, 4.69) is 4.98 Å². The van der Waals surface area contributed by atoms with E-state index in [1.165, 1.54) is 6.20 Å². The molecule has 5 nitrogen and oxygen atoms in total. The number of fused-ring (bicyclic) bond motifs is 1. The second kappa shape index (κ2) is 7.25. The van der Waals surface area contributed by atoms with E-state index in [1.807, 2.05) is 41.1 Å². The number of nitrogens with one attached hydrogen (secondary N) is 1. The molecule has 0 amide bonds. The third kappa shape index (κ3) is 4.47. The molecule has 2 N–H and O–H groups in total. The zero-order valence-corrected chi connectivity index (χ0v) is 11.8. The average molecular weight is 303 g/mol. The molecule has 0 fully saturated rings. The number of carboxylic acids is 1. The van der Waals surface area contributed by atoms with Crippen molar-refractivity contribution in [1.82, 2.24) is 4.98 Å². The van der Waals surface area contributed by atoms with Gasteiger partial charge in [0.25, 0.3) is 0 Å². The van der Waals surface area contributed by atoms with E-state index in [1.54, 1.807) is 17.4 Å². The van der Waals surface area contributed by atoms with E-state index in [0.29, 0.717) is 5.75 Å². The summed E-state index contributed by atoms with van der Waals surface area (Å²) >= 11 is 1.71. The normalized spacial score (nSPS) is 9.71. The van der Waals surface area contributed by atoms with E-state index in [4.69, 9.17) is 9.84 Å². The molecule has 0 atom stereocenters. The standard InChI is InChI=1S/C11H9NO4.C4H4S/c13-10(14)5-11(15)16-9-6-12-8-4-2-1-3-7(8)9;1-2-4-5-3-1/h1-4,6,12H,5H2,(H,13,14);1-4H. The van der Waals surface area contributed by atoms with Crippen molar-refractivity contribution in [3.05, 3.63) is 53.4 Å². The molecule has 1 aromatic carbocycles. The Bertz CT molecular complexity index is 701. The second-order valence-electron chi connectivity index (χ2n) is 4.04. The highest BCUT2D eigenvalue weighted by atomic mass is 32.1. The number of aliphatic carboxylic acids is 1. The quantitative estimate of drug-likeness (QED) is 0.575. The number of aromatic amines is 1. The lowest BCUT2D eigenvalue weighted by atomic mass is 10.2. The minimum absolute atomic E-state index is 0.349. The Labute approximate surface area is 124 Å². The SMILES string of the molecule is O=C(O)CC(=O)Oc1c[nH]c2ccccc12.c1ccsc1. The van der Waals surface area contributed by atoms with Crippen molar-refractivity contribution in [2.24, 2.45) is 0 Å². The number of ether oxygens (including phenoxy) is 1. The Hall–Kier alpha value is -2.60. The van der Waals surface area contributed by atoms with Crippen LogP contribution in [0.25, 0.3) is 10.9 Å². The zero-order chi connectivity index (χ0) is 15.1. The first-order valence-corrected chi connectivity index (χ1v) is 7.07. The van der Waals surface area contributed by atoms with E-state index in [-0.39, 0.29) is 0 Å². The molecule has 0 aliphatic rings. The van der Waals surface area contributed by atoms with Gasteiger partial charge in [0.05, 0.1) is 0 Å². The predicted octanol–water partition coefficient (Wildman–Crippen LogP) is 3.30. The van der Waals surface area contributed by atoms with Crippen molar-refractivity contribution >= 4 is 34.2 Å². The number of hydrogen-bond donors (Lipinski definition) is 2. The van der Waals surface area contributed by atoms with Gasteiger partial charge in [0.15, 0.2) is 5.75 Å². The molecule has 0 bridgehead atoms. The summed E-state index contributed by atoms with van der Waals surface area (Å²) in [6.07, 6.45) is 0.893. The summed E-state index contributed by atoms with van der Waals surface area (Å²) in [6, 6.07) is 11.3. The highest BCUT2D eigenvalue weighted by molar-refractivity contribution is 7.07. The van der Waals surface area contributed by atoms with Crippen LogP contribution in [0.4, 0.5) is 0 Å². The topological polar surface area (TPSA) is 79.4 Å². The fraction of sp³-hybridized carbons (Fsp3) is 0.0667. The first-order valence-electron chi connectivity index (χ1n) is 6.12. The third-order valence-corrected chi connectivity index (χ3v) is 3.12. The van der Waals surface area contributed by atoms with Crippen LogP contribution in [0.2, 0.25) is 0 Å². The van der Waals surface area contributed by atoms with Crippen LogP contribution in [-0.2, 0) is 9.59 Å². The van der Waals surface area contributed by atoms with Crippen LogP contribution in [0.3, 0.4) is 0 Å². The van der Waals surface area contributed by atoms with Crippen LogP contribution in [0.5, 0.6) is 5.75 Å². The van der Waals surface area contributed by atoms with Crippen molar-refractivity contribution < 1.29 is 19.4 Å². The Morgan fingerprint density at radius 2 is 1.86 bits per heavy atom. The Morgan fingerprint density at radius 1 is 1.14 bits per heavy atom. The monoisotopic (exact) mass is 303 g/mol. The number of carboxylic acid groups (broad SMARTS) is 1. The molecule has 0 unspecified atom stereocenters. The number of carbonyl (C=O) groups excluding carboxylic acids is 1. The van der Waals surface area contributed by atoms with E-state index in [9.17, 15) is 9.59 Å². The molecule has 3 aromatic rings. The van der Waals surface area contributed by atoms with Gasteiger partial charge in [-0.2, -0.15) is 11.3 Å². The van der Waals surface area contributed by atoms with Gasteiger partial charge in [-0.1, -0.05) is 24.3 Å². The van der Waals surface area contributed by atoms with Gasteiger partial charge in [-0.25, -0.2) is 0 Å². The number of rotatable bonds is 3. The predicted molar refractivity (Wildman–Crippen MR) is 80.5 cm³/mol. The van der Waals surface area contributed by atoms with Crippen molar-refractivity contribution in [2.75, 3.05) is 0 Å². The first-order chi connectivity index (χ1) is 10.2. The fourth-order valence-corrected chi connectivity index (χ4v) is 2.09. The van der Waals surface area contributed by atoms with E-state index >= 15 is 0 Å². The van der Waals surface area contributed by atoms with Crippen LogP contribution < -0.4 is 4.74 Å². The number of H-pyrrole nitrogens is 1. The third-order valence-electron chi connectivity index (χ3n) is 2.50. The average Bonchev–Trinajstić information content (AvgIpc) is 3.11. The molecule has 0 aliphatic heterocycles. The highest BCUT2D eigenvalue weighted by Crippen LogP contribution is 2.24. The first kappa shape index (κ1) is 14.8. The lowest BCUT2D eigenvalue weighted by molar-refractivity contribution is -0.145. The minimum atomic E-state index is -1.20. The van der Waals surface area contributed by atoms with Gasteiger partial charge in [0.1, 0.15) is 6.42 Å². The Kier molecular flexibility index (Phi) is 5.11. The maximum atomic E-state index is 11.1. The molecule has 0 saturated heterocycles. The zero-order valence-electron chi connectivity index (χ0n) is 11.0. The van der Waals surface area contributed by atoms with Crippen molar-refractivity contribution in [1.29, 1.82) is 0 Å². The number of thiophene rings is 1. The second-order valence-corrected chi connectivity index (χ2v) is 4.85. The van der Waals surface area contributed by atoms with Gasteiger partial charge >= 0.3 is 11.9 Å². The molecular weight excluding hydrogens is 290 g/mol. The van der Waals surface area contributed by atoms with Gasteiger partial charge in [-0.3, -0.25) is 9.59 Å². The highest BCUT2D eigenvalue weighted by Gasteiger charge is 2.12.